The predicted molar refractivity (Wildman–Crippen MR) is 94.9 cm³/mol. The molecule has 3 rings (SSSR count). The number of carbonyl (C=O) groups is 1. The van der Waals surface area contributed by atoms with Gasteiger partial charge in [-0.05, 0) is 49.9 Å². The Hall–Kier alpha value is -2.58. The summed E-state index contributed by atoms with van der Waals surface area (Å²) in [4.78, 5) is 14.5. The number of rotatable bonds is 5. The van der Waals surface area contributed by atoms with Gasteiger partial charge in [0.15, 0.2) is 5.76 Å². The van der Waals surface area contributed by atoms with Crippen LogP contribution in [0.3, 0.4) is 0 Å². The molecule has 1 unspecified atom stereocenters. The molecule has 1 saturated heterocycles. The molecule has 25 heavy (non-hydrogen) atoms. The van der Waals surface area contributed by atoms with Crippen molar-refractivity contribution < 1.29 is 9.21 Å². The number of nitriles is 1. The average Bonchev–Trinajstić information content (AvgIpc) is 3.06. The Morgan fingerprint density at radius 1 is 1.40 bits per heavy atom. The number of nitrogens with zero attached hydrogens (tertiary/aromatic N) is 2. The van der Waals surface area contributed by atoms with Gasteiger partial charge in [0.1, 0.15) is 0 Å². The van der Waals surface area contributed by atoms with Crippen molar-refractivity contribution in [2.45, 2.75) is 26.3 Å². The summed E-state index contributed by atoms with van der Waals surface area (Å²) < 4.78 is 5.24. The van der Waals surface area contributed by atoms with Gasteiger partial charge >= 0.3 is 0 Å². The molecule has 1 aliphatic rings. The third-order valence-corrected chi connectivity index (χ3v) is 4.75. The number of hydrogen-bond acceptors (Lipinski definition) is 4. The summed E-state index contributed by atoms with van der Waals surface area (Å²) in [6.07, 6.45) is 3.75. The van der Waals surface area contributed by atoms with Gasteiger partial charge in [-0.3, -0.25) is 9.69 Å². The molecule has 2 aromatic rings. The second kappa shape index (κ2) is 8.00. The molecule has 5 heteroatoms. The Balaban J connectivity index is 1.54. The molecular weight excluding hydrogens is 314 g/mol. The van der Waals surface area contributed by atoms with Crippen molar-refractivity contribution in [2.24, 2.45) is 5.92 Å². The van der Waals surface area contributed by atoms with E-state index in [1.165, 1.54) is 0 Å². The number of furan rings is 1. The van der Waals surface area contributed by atoms with E-state index in [2.05, 4.69) is 16.3 Å². The third kappa shape index (κ3) is 4.28. The normalized spacial score (nSPS) is 17.8. The molecule has 5 nitrogen and oxygen atoms in total. The van der Waals surface area contributed by atoms with Crippen LogP contribution in [0, 0.1) is 24.2 Å². The molecule has 0 radical (unpaired) electrons. The van der Waals surface area contributed by atoms with Crippen LogP contribution in [0.15, 0.2) is 41.0 Å². The van der Waals surface area contributed by atoms with E-state index in [0.717, 1.165) is 49.2 Å². The average molecular weight is 337 g/mol. The number of aryl methyl sites for hydroxylation is 1. The lowest BCUT2D eigenvalue weighted by Crippen LogP contribution is -2.40. The highest BCUT2D eigenvalue weighted by Crippen LogP contribution is 2.20. The zero-order chi connectivity index (χ0) is 17.6. The molecule has 1 N–H and O–H groups in total. The van der Waals surface area contributed by atoms with Crippen LogP contribution in [0.4, 0.5) is 0 Å². The van der Waals surface area contributed by atoms with Gasteiger partial charge in [0, 0.05) is 25.2 Å². The SMILES string of the molecule is Cc1ccoc1C(=O)NCC1CCCN(Cc2ccccc2C#N)C1. The van der Waals surface area contributed by atoms with Crippen molar-refractivity contribution in [3.8, 4) is 6.07 Å². The Labute approximate surface area is 148 Å². The minimum atomic E-state index is -0.144. The van der Waals surface area contributed by atoms with Crippen molar-refractivity contribution in [3.63, 3.8) is 0 Å². The molecule has 2 heterocycles. The van der Waals surface area contributed by atoms with Crippen LogP contribution < -0.4 is 5.32 Å². The minimum absolute atomic E-state index is 0.144. The van der Waals surface area contributed by atoms with Gasteiger partial charge in [0.25, 0.3) is 5.91 Å². The maximum Gasteiger partial charge on any atom is 0.287 e. The second-order valence-electron chi connectivity index (χ2n) is 6.66. The van der Waals surface area contributed by atoms with E-state index in [1.807, 2.05) is 31.2 Å². The standard InChI is InChI=1S/C20H23N3O2/c1-15-8-10-25-19(15)20(24)22-12-16-5-4-9-23(13-16)14-18-7-3-2-6-17(18)11-21/h2-3,6-8,10,16H,4-5,9,12-14H2,1H3,(H,22,24). The maximum atomic E-state index is 12.2. The molecule has 1 atom stereocenters. The van der Waals surface area contributed by atoms with E-state index in [-0.39, 0.29) is 5.91 Å². The smallest absolute Gasteiger partial charge is 0.287 e. The number of piperidine rings is 1. The lowest BCUT2D eigenvalue weighted by atomic mass is 9.97. The number of likely N-dealkylation sites (tertiary alicyclic amines) is 1. The molecule has 0 aliphatic carbocycles. The van der Waals surface area contributed by atoms with Gasteiger partial charge in [0.05, 0.1) is 17.9 Å². The lowest BCUT2D eigenvalue weighted by Gasteiger charge is -2.33. The van der Waals surface area contributed by atoms with Crippen molar-refractivity contribution in [1.29, 1.82) is 5.26 Å². The van der Waals surface area contributed by atoms with E-state index in [4.69, 9.17) is 4.42 Å². The Kier molecular flexibility index (Phi) is 5.52. The third-order valence-electron chi connectivity index (χ3n) is 4.75. The fourth-order valence-electron chi connectivity index (χ4n) is 3.39. The first-order valence-corrected chi connectivity index (χ1v) is 8.70. The number of hydrogen-bond donors (Lipinski definition) is 1. The van der Waals surface area contributed by atoms with E-state index in [1.54, 1.807) is 12.3 Å². The molecule has 1 fully saturated rings. The summed E-state index contributed by atoms with van der Waals surface area (Å²) in [5, 5.41) is 12.2. The van der Waals surface area contributed by atoms with Crippen molar-refractivity contribution in [1.82, 2.24) is 10.2 Å². The number of nitrogens with one attached hydrogen (secondary N) is 1. The molecule has 130 valence electrons. The summed E-state index contributed by atoms with van der Waals surface area (Å²) in [6, 6.07) is 11.8. The summed E-state index contributed by atoms with van der Waals surface area (Å²) in [5.41, 5.74) is 2.67. The molecule has 1 aromatic carbocycles. The Bertz CT molecular complexity index is 775. The van der Waals surface area contributed by atoms with Crippen LogP contribution in [0.2, 0.25) is 0 Å². The van der Waals surface area contributed by atoms with Crippen LogP contribution in [-0.2, 0) is 6.54 Å². The molecule has 1 aliphatic heterocycles. The fourth-order valence-corrected chi connectivity index (χ4v) is 3.39. The number of carbonyl (C=O) groups excluding carboxylic acids is 1. The highest BCUT2D eigenvalue weighted by Gasteiger charge is 2.22. The molecular formula is C20H23N3O2. The van der Waals surface area contributed by atoms with Crippen LogP contribution in [0.25, 0.3) is 0 Å². The van der Waals surface area contributed by atoms with Crippen LogP contribution in [0.1, 0.15) is 40.1 Å². The van der Waals surface area contributed by atoms with Gasteiger partial charge in [0.2, 0.25) is 0 Å². The molecule has 0 spiro atoms. The molecule has 1 amide bonds. The van der Waals surface area contributed by atoms with Crippen LogP contribution in [0.5, 0.6) is 0 Å². The molecule has 0 bridgehead atoms. The number of amides is 1. The largest absolute Gasteiger partial charge is 0.459 e. The quantitative estimate of drug-likeness (QED) is 0.910. The van der Waals surface area contributed by atoms with Gasteiger partial charge in [-0.2, -0.15) is 5.26 Å². The first-order chi connectivity index (χ1) is 12.2. The van der Waals surface area contributed by atoms with Gasteiger partial charge in [-0.25, -0.2) is 0 Å². The lowest BCUT2D eigenvalue weighted by molar-refractivity contribution is 0.0902. The second-order valence-corrected chi connectivity index (χ2v) is 6.66. The van der Waals surface area contributed by atoms with E-state index >= 15 is 0 Å². The predicted octanol–water partition coefficient (Wildman–Crippen LogP) is 3.10. The van der Waals surface area contributed by atoms with E-state index in [0.29, 0.717) is 18.2 Å². The van der Waals surface area contributed by atoms with Crippen molar-refractivity contribution in [3.05, 3.63) is 59.0 Å². The first-order valence-electron chi connectivity index (χ1n) is 8.70. The van der Waals surface area contributed by atoms with Gasteiger partial charge in [-0.1, -0.05) is 18.2 Å². The summed E-state index contributed by atoms with van der Waals surface area (Å²) in [5.74, 6) is 0.673. The zero-order valence-electron chi connectivity index (χ0n) is 14.5. The Morgan fingerprint density at radius 3 is 3.00 bits per heavy atom. The van der Waals surface area contributed by atoms with Crippen molar-refractivity contribution in [2.75, 3.05) is 19.6 Å². The highest BCUT2D eigenvalue weighted by molar-refractivity contribution is 5.92. The summed E-state index contributed by atoms with van der Waals surface area (Å²) in [7, 11) is 0. The van der Waals surface area contributed by atoms with E-state index in [9.17, 15) is 10.1 Å². The monoisotopic (exact) mass is 337 g/mol. The van der Waals surface area contributed by atoms with Crippen LogP contribution in [-0.4, -0.2) is 30.4 Å². The van der Waals surface area contributed by atoms with E-state index < -0.39 is 0 Å². The number of benzene rings is 1. The summed E-state index contributed by atoms with van der Waals surface area (Å²) >= 11 is 0. The fraction of sp³-hybridized carbons (Fsp3) is 0.400. The highest BCUT2D eigenvalue weighted by atomic mass is 16.3. The van der Waals surface area contributed by atoms with Crippen LogP contribution >= 0.6 is 0 Å². The van der Waals surface area contributed by atoms with Gasteiger partial charge in [-0.15, -0.1) is 0 Å². The Morgan fingerprint density at radius 2 is 2.24 bits per heavy atom. The molecule has 1 aromatic heterocycles. The van der Waals surface area contributed by atoms with Gasteiger partial charge < -0.3 is 9.73 Å². The molecule has 0 saturated carbocycles. The maximum absolute atomic E-state index is 12.2. The zero-order valence-corrected chi connectivity index (χ0v) is 14.5. The topological polar surface area (TPSA) is 69.3 Å². The van der Waals surface area contributed by atoms with Crippen molar-refractivity contribution >= 4 is 5.91 Å². The first kappa shape index (κ1) is 17.2. The minimum Gasteiger partial charge on any atom is -0.459 e. The summed E-state index contributed by atoms with van der Waals surface area (Å²) in [6.45, 7) is 5.26.